The lowest BCUT2D eigenvalue weighted by Gasteiger charge is -2.29. The summed E-state index contributed by atoms with van der Waals surface area (Å²) >= 11 is 3.39. The van der Waals surface area contributed by atoms with E-state index in [4.69, 9.17) is 0 Å². The summed E-state index contributed by atoms with van der Waals surface area (Å²) in [5.41, 5.74) is 0.158. The number of carboxylic acids is 1. The number of nitrogens with zero attached hydrogens (tertiary/aromatic N) is 1. The second-order valence-corrected chi connectivity index (χ2v) is 6.77. The maximum atomic E-state index is 11.6. The average Bonchev–Trinajstić information content (AvgIpc) is 2.79. The van der Waals surface area contributed by atoms with Gasteiger partial charge in [0.05, 0.1) is 5.41 Å². The predicted molar refractivity (Wildman–Crippen MR) is 80.6 cm³/mol. The van der Waals surface area contributed by atoms with Crippen LogP contribution in [0.1, 0.15) is 25.8 Å². The van der Waals surface area contributed by atoms with Crippen molar-refractivity contribution in [2.24, 2.45) is 11.3 Å². The smallest absolute Gasteiger partial charge is 0.311 e. The number of halogens is 1. The molecule has 2 rings (SSSR count). The van der Waals surface area contributed by atoms with Gasteiger partial charge < -0.3 is 10.2 Å². The van der Waals surface area contributed by atoms with Gasteiger partial charge in [-0.25, -0.2) is 0 Å². The zero-order valence-electron chi connectivity index (χ0n) is 11.8. The first-order valence-electron chi connectivity index (χ1n) is 6.78. The SMILES string of the molecule is CC(C)C1(C(=O)O)CCN(Cc2cc(Br)ccc2O)C1. The number of phenolic OH excluding ortho intramolecular Hbond substituents is 1. The molecule has 0 aliphatic carbocycles. The highest BCUT2D eigenvalue weighted by Crippen LogP contribution is 2.39. The first-order chi connectivity index (χ1) is 9.35. The van der Waals surface area contributed by atoms with Gasteiger partial charge in [0, 0.05) is 23.1 Å². The third kappa shape index (κ3) is 2.83. The fraction of sp³-hybridized carbons (Fsp3) is 0.533. The van der Waals surface area contributed by atoms with E-state index in [1.54, 1.807) is 12.1 Å². The van der Waals surface area contributed by atoms with E-state index < -0.39 is 11.4 Å². The van der Waals surface area contributed by atoms with Crippen LogP contribution >= 0.6 is 15.9 Å². The lowest BCUT2D eigenvalue weighted by atomic mass is 9.76. The van der Waals surface area contributed by atoms with Crippen molar-refractivity contribution in [1.82, 2.24) is 4.90 Å². The molecule has 0 spiro atoms. The van der Waals surface area contributed by atoms with E-state index in [1.807, 2.05) is 19.9 Å². The minimum Gasteiger partial charge on any atom is -0.508 e. The predicted octanol–water partition coefficient (Wildman–Crippen LogP) is 3.09. The Labute approximate surface area is 127 Å². The van der Waals surface area contributed by atoms with Gasteiger partial charge in [-0.2, -0.15) is 0 Å². The quantitative estimate of drug-likeness (QED) is 0.883. The van der Waals surface area contributed by atoms with Crippen LogP contribution in [0.3, 0.4) is 0 Å². The Morgan fingerprint density at radius 1 is 1.50 bits per heavy atom. The van der Waals surface area contributed by atoms with E-state index in [2.05, 4.69) is 20.8 Å². The molecule has 2 N–H and O–H groups in total. The van der Waals surface area contributed by atoms with Crippen LogP contribution in [-0.2, 0) is 11.3 Å². The first kappa shape index (κ1) is 15.3. The van der Waals surface area contributed by atoms with Gasteiger partial charge in [-0.15, -0.1) is 0 Å². The third-order valence-electron chi connectivity index (χ3n) is 4.35. The molecule has 1 aliphatic rings. The number of hydrogen-bond donors (Lipinski definition) is 2. The van der Waals surface area contributed by atoms with Gasteiger partial charge in [-0.3, -0.25) is 9.69 Å². The van der Waals surface area contributed by atoms with E-state index in [-0.39, 0.29) is 11.7 Å². The fourth-order valence-electron chi connectivity index (χ4n) is 2.86. The Balaban J connectivity index is 2.14. The summed E-state index contributed by atoms with van der Waals surface area (Å²) in [4.78, 5) is 13.7. The van der Waals surface area contributed by atoms with E-state index in [1.165, 1.54) is 0 Å². The molecule has 1 unspecified atom stereocenters. The van der Waals surface area contributed by atoms with Gasteiger partial charge in [0.2, 0.25) is 0 Å². The van der Waals surface area contributed by atoms with E-state index in [0.717, 1.165) is 16.6 Å². The number of benzene rings is 1. The zero-order valence-corrected chi connectivity index (χ0v) is 13.4. The van der Waals surface area contributed by atoms with Crippen LogP contribution in [0, 0.1) is 11.3 Å². The molecule has 5 heteroatoms. The summed E-state index contributed by atoms with van der Waals surface area (Å²) in [6.45, 7) is 5.79. The second-order valence-electron chi connectivity index (χ2n) is 5.85. The monoisotopic (exact) mass is 341 g/mol. The fourth-order valence-corrected chi connectivity index (χ4v) is 3.27. The molecule has 0 saturated carbocycles. The number of carbonyl (C=O) groups is 1. The highest BCUT2D eigenvalue weighted by atomic mass is 79.9. The van der Waals surface area contributed by atoms with Crippen molar-refractivity contribution in [3.05, 3.63) is 28.2 Å². The van der Waals surface area contributed by atoms with Crippen LogP contribution < -0.4 is 0 Å². The molecule has 1 fully saturated rings. The van der Waals surface area contributed by atoms with Gasteiger partial charge in [0.15, 0.2) is 0 Å². The molecule has 1 atom stereocenters. The van der Waals surface area contributed by atoms with Crippen molar-refractivity contribution in [1.29, 1.82) is 0 Å². The lowest BCUT2D eigenvalue weighted by Crippen LogP contribution is -2.39. The molecular weight excluding hydrogens is 322 g/mol. The summed E-state index contributed by atoms with van der Waals surface area (Å²) in [7, 11) is 0. The molecule has 1 aliphatic heterocycles. The van der Waals surface area contributed by atoms with E-state index in [0.29, 0.717) is 19.5 Å². The molecule has 1 heterocycles. The van der Waals surface area contributed by atoms with Gasteiger partial charge in [0.1, 0.15) is 5.75 Å². The summed E-state index contributed by atoms with van der Waals surface area (Å²) in [5.74, 6) is -0.361. The van der Waals surface area contributed by atoms with Crippen LogP contribution in [0.2, 0.25) is 0 Å². The molecule has 20 heavy (non-hydrogen) atoms. The number of likely N-dealkylation sites (tertiary alicyclic amines) is 1. The normalized spacial score (nSPS) is 23.4. The molecule has 110 valence electrons. The minimum absolute atomic E-state index is 0.0982. The molecule has 4 nitrogen and oxygen atoms in total. The van der Waals surface area contributed by atoms with Crippen molar-refractivity contribution < 1.29 is 15.0 Å². The minimum atomic E-state index is -0.714. The van der Waals surface area contributed by atoms with Crippen molar-refractivity contribution >= 4 is 21.9 Å². The standard InChI is InChI=1S/C15H20BrNO3/c1-10(2)15(14(19)20)5-6-17(9-15)8-11-7-12(16)3-4-13(11)18/h3-4,7,10,18H,5-6,8-9H2,1-2H3,(H,19,20). The third-order valence-corrected chi connectivity index (χ3v) is 4.84. The summed E-state index contributed by atoms with van der Waals surface area (Å²) in [5, 5.41) is 19.4. The second kappa shape index (κ2) is 5.74. The van der Waals surface area contributed by atoms with Crippen molar-refractivity contribution in [3.8, 4) is 5.75 Å². The molecule has 0 amide bonds. The number of aliphatic carboxylic acids is 1. The van der Waals surface area contributed by atoms with Crippen LogP contribution in [0.25, 0.3) is 0 Å². The van der Waals surface area contributed by atoms with Gasteiger partial charge in [0.25, 0.3) is 0 Å². The van der Waals surface area contributed by atoms with Crippen LogP contribution in [0.4, 0.5) is 0 Å². The molecule has 0 bridgehead atoms. The van der Waals surface area contributed by atoms with Gasteiger partial charge >= 0.3 is 5.97 Å². The first-order valence-corrected chi connectivity index (χ1v) is 7.57. The highest BCUT2D eigenvalue weighted by molar-refractivity contribution is 9.10. The topological polar surface area (TPSA) is 60.8 Å². The summed E-state index contributed by atoms with van der Waals surface area (Å²) in [6.07, 6.45) is 0.661. The zero-order chi connectivity index (χ0) is 14.9. The Morgan fingerprint density at radius 2 is 2.20 bits per heavy atom. The largest absolute Gasteiger partial charge is 0.508 e. The molecule has 0 radical (unpaired) electrons. The van der Waals surface area contributed by atoms with Crippen molar-refractivity contribution in [3.63, 3.8) is 0 Å². The van der Waals surface area contributed by atoms with E-state index >= 15 is 0 Å². The average molecular weight is 342 g/mol. The maximum absolute atomic E-state index is 11.6. The number of rotatable bonds is 4. The number of carboxylic acid groups (broad SMARTS) is 1. The van der Waals surface area contributed by atoms with E-state index in [9.17, 15) is 15.0 Å². The highest BCUT2D eigenvalue weighted by Gasteiger charge is 2.47. The van der Waals surface area contributed by atoms with Crippen molar-refractivity contribution in [2.45, 2.75) is 26.8 Å². The number of hydrogen-bond acceptors (Lipinski definition) is 3. The Morgan fingerprint density at radius 3 is 2.75 bits per heavy atom. The molecule has 0 aromatic heterocycles. The Bertz CT molecular complexity index is 518. The number of phenols is 1. The maximum Gasteiger partial charge on any atom is 0.311 e. The van der Waals surface area contributed by atoms with Crippen LogP contribution in [-0.4, -0.2) is 34.2 Å². The number of aromatic hydroxyl groups is 1. The van der Waals surface area contributed by atoms with Crippen LogP contribution in [0.5, 0.6) is 5.75 Å². The molecule has 1 aromatic rings. The summed E-state index contributed by atoms with van der Waals surface area (Å²) < 4.78 is 0.915. The van der Waals surface area contributed by atoms with Gasteiger partial charge in [-0.05, 0) is 37.1 Å². The summed E-state index contributed by atoms with van der Waals surface area (Å²) in [6, 6.07) is 5.33. The lowest BCUT2D eigenvalue weighted by molar-refractivity contribution is -0.151. The molecule has 1 saturated heterocycles. The Hall–Kier alpha value is -1.07. The molecular formula is C15H20BrNO3. The molecule has 1 aromatic carbocycles. The van der Waals surface area contributed by atoms with Crippen molar-refractivity contribution in [2.75, 3.05) is 13.1 Å². The Kier molecular flexibility index (Phi) is 4.39. The van der Waals surface area contributed by atoms with Gasteiger partial charge in [-0.1, -0.05) is 29.8 Å². The van der Waals surface area contributed by atoms with Crippen LogP contribution in [0.15, 0.2) is 22.7 Å².